The molecule has 1 N–H and O–H groups in total. The monoisotopic (exact) mass is 333 g/mol. The van der Waals surface area contributed by atoms with Gasteiger partial charge in [0.15, 0.2) is 0 Å². The molecule has 2 atom stereocenters. The summed E-state index contributed by atoms with van der Waals surface area (Å²) in [6.45, 7) is 4.22. The summed E-state index contributed by atoms with van der Waals surface area (Å²) in [4.78, 5) is 14.0. The molecule has 2 aromatic rings. The number of nitrogens with one attached hydrogen (secondary N) is 1. The van der Waals surface area contributed by atoms with Crippen molar-refractivity contribution in [2.24, 2.45) is 0 Å². The van der Waals surface area contributed by atoms with E-state index in [2.05, 4.69) is 10.5 Å². The minimum absolute atomic E-state index is 0.0930. The molecule has 1 saturated carbocycles. The van der Waals surface area contributed by atoms with Crippen LogP contribution < -0.4 is 5.32 Å². The fraction of sp³-hybridized carbons (Fsp3) is 0.412. The van der Waals surface area contributed by atoms with Gasteiger partial charge in [-0.2, -0.15) is 0 Å². The Balaban J connectivity index is 1.57. The van der Waals surface area contributed by atoms with E-state index in [0.29, 0.717) is 12.5 Å². The van der Waals surface area contributed by atoms with E-state index < -0.39 is 0 Å². The van der Waals surface area contributed by atoms with Crippen molar-refractivity contribution < 1.29 is 9.32 Å². The molecule has 1 fully saturated rings. The van der Waals surface area contributed by atoms with Gasteiger partial charge in [0.25, 0.3) is 0 Å². The van der Waals surface area contributed by atoms with Crippen molar-refractivity contribution in [3.63, 3.8) is 0 Å². The molecule has 0 radical (unpaired) electrons. The molecule has 0 spiro atoms. The molecule has 1 aliphatic carbocycles. The molecule has 0 unspecified atom stereocenters. The number of nitrogens with zero attached hydrogens (tertiary/aromatic N) is 2. The van der Waals surface area contributed by atoms with Crippen LogP contribution in [0.15, 0.2) is 28.8 Å². The summed E-state index contributed by atoms with van der Waals surface area (Å²) in [5.41, 5.74) is 2.89. The smallest absolute Gasteiger partial charge is 0.317 e. The first kappa shape index (κ1) is 15.9. The Kier molecular flexibility index (Phi) is 4.31. The second kappa shape index (κ2) is 6.24. The zero-order chi connectivity index (χ0) is 16.6. The highest BCUT2D eigenvalue weighted by atomic mass is 35.5. The van der Waals surface area contributed by atoms with Crippen LogP contribution in [0, 0.1) is 13.8 Å². The zero-order valence-electron chi connectivity index (χ0n) is 13.5. The largest absolute Gasteiger partial charge is 0.361 e. The SMILES string of the molecule is Cc1noc(C)c1CN(C)C(=O)N[C@@H]1C[C@@H]1c1ccccc1Cl. The molecular formula is C17H20ClN3O2. The van der Waals surface area contributed by atoms with Gasteiger partial charge in [-0.15, -0.1) is 0 Å². The van der Waals surface area contributed by atoms with Crippen LogP contribution in [0.5, 0.6) is 0 Å². The van der Waals surface area contributed by atoms with Crippen molar-refractivity contribution in [3.8, 4) is 0 Å². The first-order valence-electron chi connectivity index (χ1n) is 7.65. The Bertz CT molecular complexity index is 709. The predicted octanol–water partition coefficient (Wildman–Crippen LogP) is 3.64. The highest BCUT2D eigenvalue weighted by Crippen LogP contribution is 2.43. The van der Waals surface area contributed by atoms with Crippen LogP contribution in [-0.4, -0.2) is 29.2 Å². The lowest BCUT2D eigenvalue weighted by molar-refractivity contribution is 0.206. The molecule has 1 aromatic carbocycles. The van der Waals surface area contributed by atoms with Crippen LogP contribution in [0.4, 0.5) is 4.79 Å². The summed E-state index contributed by atoms with van der Waals surface area (Å²) in [6, 6.07) is 7.85. The quantitative estimate of drug-likeness (QED) is 0.929. The van der Waals surface area contributed by atoms with E-state index in [-0.39, 0.29) is 12.1 Å². The number of rotatable bonds is 4. The summed E-state index contributed by atoms with van der Waals surface area (Å²) in [5, 5.41) is 7.74. The van der Waals surface area contributed by atoms with E-state index in [4.69, 9.17) is 16.1 Å². The Hall–Kier alpha value is -2.01. The third-order valence-electron chi connectivity index (χ3n) is 4.33. The number of hydrogen-bond donors (Lipinski definition) is 1. The fourth-order valence-electron chi connectivity index (χ4n) is 2.78. The first-order valence-corrected chi connectivity index (χ1v) is 8.03. The molecule has 3 rings (SSSR count). The minimum atomic E-state index is -0.0930. The van der Waals surface area contributed by atoms with E-state index in [1.54, 1.807) is 11.9 Å². The minimum Gasteiger partial charge on any atom is -0.361 e. The number of carbonyl (C=O) groups excluding carboxylic acids is 1. The zero-order valence-corrected chi connectivity index (χ0v) is 14.2. The van der Waals surface area contributed by atoms with Crippen LogP contribution in [-0.2, 0) is 6.54 Å². The third kappa shape index (κ3) is 3.34. The molecule has 6 heteroatoms. The highest BCUT2D eigenvalue weighted by molar-refractivity contribution is 6.31. The van der Waals surface area contributed by atoms with Gasteiger partial charge in [-0.3, -0.25) is 0 Å². The van der Waals surface area contributed by atoms with Crippen molar-refractivity contribution >= 4 is 17.6 Å². The van der Waals surface area contributed by atoms with Crippen molar-refractivity contribution in [1.29, 1.82) is 0 Å². The lowest BCUT2D eigenvalue weighted by Gasteiger charge is -2.18. The molecule has 5 nitrogen and oxygen atoms in total. The summed E-state index contributed by atoms with van der Waals surface area (Å²) in [6.07, 6.45) is 0.925. The highest BCUT2D eigenvalue weighted by Gasteiger charge is 2.41. The van der Waals surface area contributed by atoms with Gasteiger partial charge >= 0.3 is 6.03 Å². The maximum Gasteiger partial charge on any atom is 0.317 e. The van der Waals surface area contributed by atoms with Gasteiger partial charge in [0.2, 0.25) is 0 Å². The molecule has 1 heterocycles. The van der Waals surface area contributed by atoms with Gasteiger partial charge < -0.3 is 14.7 Å². The van der Waals surface area contributed by atoms with Crippen LogP contribution in [0.1, 0.15) is 34.9 Å². The van der Waals surface area contributed by atoms with Crippen LogP contribution in [0.3, 0.4) is 0 Å². The maximum atomic E-state index is 12.3. The van der Waals surface area contributed by atoms with Crippen LogP contribution in [0.2, 0.25) is 5.02 Å². The Morgan fingerprint density at radius 3 is 2.83 bits per heavy atom. The Morgan fingerprint density at radius 2 is 2.17 bits per heavy atom. The molecule has 0 saturated heterocycles. The number of halogens is 1. The standard InChI is InChI=1S/C17H20ClN3O2/c1-10-14(11(2)23-20-10)9-21(3)17(22)19-16-8-13(16)12-6-4-5-7-15(12)18/h4-7,13,16H,8-9H2,1-3H3,(H,19,22)/t13-,16-/m1/s1. The lowest BCUT2D eigenvalue weighted by Crippen LogP contribution is -2.38. The maximum absolute atomic E-state index is 12.3. The number of amides is 2. The van der Waals surface area contributed by atoms with Crippen molar-refractivity contribution in [2.75, 3.05) is 7.05 Å². The molecule has 0 aliphatic heterocycles. The van der Waals surface area contributed by atoms with Crippen molar-refractivity contribution in [1.82, 2.24) is 15.4 Å². The molecule has 2 amide bonds. The van der Waals surface area contributed by atoms with E-state index in [0.717, 1.165) is 34.0 Å². The number of carbonyl (C=O) groups is 1. The number of urea groups is 1. The summed E-state index contributed by atoms with van der Waals surface area (Å²) >= 11 is 6.21. The van der Waals surface area contributed by atoms with Crippen molar-refractivity contribution in [3.05, 3.63) is 51.9 Å². The molecule has 1 aromatic heterocycles. The molecule has 0 bridgehead atoms. The average Bonchev–Trinajstić information content (AvgIpc) is 3.21. The second-order valence-electron chi connectivity index (χ2n) is 6.08. The van der Waals surface area contributed by atoms with Gasteiger partial charge in [0.1, 0.15) is 5.76 Å². The second-order valence-corrected chi connectivity index (χ2v) is 6.49. The van der Waals surface area contributed by atoms with Crippen molar-refractivity contribution in [2.45, 2.75) is 38.8 Å². The van der Waals surface area contributed by atoms with Crippen LogP contribution in [0.25, 0.3) is 0 Å². The summed E-state index contributed by atoms with van der Waals surface area (Å²) in [7, 11) is 1.77. The van der Waals surface area contributed by atoms with E-state index in [1.165, 1.54) is 0 Å². The summed E-state index contributed by atoms with van der Waals surface area (Å²) in [5.74, 6) is 1.06. The Labute approximate surface area is 140 Å². The topological polar surface area (TPSA) is 58.4 Å². The number of aromatic nitrogens is 1. The van der Waals surface area contributed by atoms with Crippen LogP contribution >= 0.6 is 11.6 Å². The van der Waals surface area contributed by atoms with Gasteiger partial charge in [-0.1, -0.05) is 35.0 Å². The van der Waals surface area contributed by atoms with Gasteiger partial charge in [-0.25, -0.2) is 4.79 Å². The first-order chi connectivity index (χ1) is 11.0. The van der Waals surface area contributed by atoms with E-state index >= 15 is 0 Å². The van der Waals surface area contributed by atoms with E-state index in [9.17, 15) is 4.79 Å². The average molecular weight is 334 g/mol. The predicted molar refractivity (Wildman–Crippen MR) is 88.6 cm³/mol. The molecule has 23 heavy (non-hydrogen) atoms. The number of aryl methyl sites for hydroxylation is 2. The normalized spacial score (nSPS) is 19.5. The number of benzene rings is 1. The van der Waals surface area contributed by atoms with Gasteiger partial charge in [-0.05, 0) is 31.9 Å². The lowest BCUT2D eigenvalue weighted by atomic mass is 10.1. The molecule has 122 valence electrons. The fourth-order valence-corrected chi connectivity index (χ4v) is 3.06. The van der Waals surface area contributed by atoms with Gasteiger partial charge in [0.05, 0.1) is 12.2 Å². The third-order valence-corrected chi connectivity index (χ3v) is 4.67. The number of hydrogen-bond acceptors (Lipinski definition) is 3. The molecular weight excluding hydrogens is 314 g/mol. The van der Waals surface area contributed by atoms with E-state index in [1.807, 2.05) is 38.1 Å². The summed E-state index contributed by atoms with van der Waals surface area (Å²) < 4.78 is 5.13. The Morgan fingerprint density at radius 1 is 1.43 bits per heavy atom. The molecule has 1 aliphatic rings. The van der Waals surface area contributed by atoms with Gasteiger partial charge in [0, 0.05) is 29.6 Å².